The Kier molecular flexibility index (Phi) is 4.80. The minimum absolute atomic E-state index is 0.182. The predicted octanol–water partition coefficient (Wildman–Crippen LogP) is 4.73. The second kappa shape index (κ2) is 6.99. The van der Waals surface area contributed by atoms with E-state index < -0.39 is 5.91 Å². The van der Waals surface area contributed by atoms with E-state index in [0.29, 0.717) is 15.7 Å². The third kappa shape index (κ3) is 4.01. The molecule has 3 rings (SSSR count). The first-order valence-electron chi connectivity index (χ1n) is 6.43. The molecule has 0 fully saturated rings. The quantitative estimate of drug-likeness (QED) is 0.727. The lowest BCUT2D eigenvalue weighted by molar-refractivity contribution is 0.102. The summed E-state index contributed by atoms with van der Waals surface area (Å²) in [7, 11) is 0. The van der Waals surface area contributed by atoms with Gasteiger partial charge in [-0.05, 0) is 41.8 Å². The van der Waals surface area contributed by atoms with E-state index in [1.165, 1.54) is 24.3 Å². The van der Waals surface area contributed by atoms with Crippen LogP contribution in [0.1, 0.15) is 19.7 Å². The van der Waals surface area contributed by atoms with Gasteiger partial charge in [-0.3, -0.25) is 4.79 Å². The lowest BCUT2D eigenvalue weighted by Gasteiger charge is -2.01. The van der Waals surface area contributed by atoms with Gasteiger partial charge in [-0.2, -0.15) is 0 Å². The van der Waals surface area contributed by atoms with Crippen molar-refractivity contribution in [2.75, 3.05) is 5.32 Å². The molecule has 0 bridgehead atoms. The molecule has 0 radical (unpaired) electrons. The zero-order chi connectivity index (χ0) is 16.2. The van der Waals surface area contributed by atoms with Crippen LogP contribution in [0, 0.1) is 5.82 Å². The first-order valence-corrected chi connectivity index (χ1v) is 8.51. The van der Waals surface area contributed by atoms with Crippen LogP contribution in [0.25, 0.3) is 11.1 Å². The predicted molar refractivity (Wildman–Crippen MR) is 92.3 cm³/mol. The average molecular weight is 366 g/mol. The third-order valence-corrected chi connectivity index (χ3v) is 4.91. The summed E-state index contributed by atoms with van der Waals surface area (Å²) in [5.41, 5.74) is 0.480. The van der Waals surface area contributed by atoms with Crippen molar-refractivity contribution in [2.45, 2.75) is 0 Å². The molecule has 2 aromatic heterocycles. The van der Waals surface area contributed by atoms with Crippen molar-refractivity contribution in [3.05, 3.63) is 62.5 Å². The van der Waals surface area contributed by atoms with Gasteiger partial charge in [-0.1, -0.05) is 29.0 Å². The minimum atomic E-state index is -0.416. The van der Waals surface area contributed by atoms with Gasteiger partial charge in [0, 0.05) is 10.6 Å². The van der Waals surface area contributed by atoms with Gasteiger partial charge in [0.1, 0.15) is 5.82 Å². The number of hydrogen-bond acceptors (Lipinski definition) is 5. The summed E-state index contributed by atoms with van der Waals surface area (Å²) in [5, 5.41) is 13.4. The molecule has 0 spiro atoms. The first kappa shape index (κ1) is 15.8. The fourth-order valence-electron chi connectivity index (χ4n) is 1.69. The number of benzene rings is 1. The molecule has 116 valence electrons. The molecule has 0 aliphatic carbocycles. The fourth-order valence-corrected chi connectivity index (χ4v) is 3.33. The van der Waals surface area contributed by atoms with Crippen molar-refractivity contribution < 1.29 is 9.18 Å². The minimum Gasteiger partial charge on any atom is -0.320 e. The van der Waals surface area contributed by atoms with Crippen LogP contribution in [0.4, 0.5) is 10.1 Å². The molecule has 0 aliphatic heterocycles. The monoisotopic (exact) mass is 365 g/mol. The van der Waals surface area contributed by atoms with Gasteiger partial charge in [-0.15, -0.1) is 21.5 Å². The highest BCUT2D eigenvalue weighted by atomic mass is 35.5. The third-order valence-electron chi connectivity index (χ3n) is 2.74. The Morgan fingerprint density at radius 2 is 1.91 bits per heavy atom. The van der Waals surface area contributed by atoms with Crippen molar-refractivity contribution >= 4 is 57.0 Å². The summed E-state index contributed by atoms with van der Waals surface area (Å²) in [6.07, 6.45) is 1.77. The largest absolute Gasteiger partial charge is 0.320 e. The number of nitrogens with one attached hydrogen (secondary N) is 1. The second-order valence-electron chi connectivity index (χ2n) is 4.38. The maximum atomic E-state index is 12.8. The molecule has 0 saturated heterocycles. The van der Waals surface area contributed by atoms with Gasteiger partial charge in [0.25, 0.3) is 5.91 Å². The number of nitrogens with zero attached hydrogens (tertiary/aromatic N) is 2. The molecule has 1 amide bonds. The lowest BCUT2D eigenvalue weighted by Crippen LogP contribution is -2.11. The highest BCUT2D eigenvalue weighted by Gasteiger charge is 2.15. The number of hydrogen-bond donors (Lipinski definition) is 1. The Hall–Kier alpha value is -2.09. The Morgan fingerprint density at radius 1 is 1.17 bits per heavy atom. The topological polar surface area (TPSA) is 54.9 Å². The molecule has 1 aromatic carbocycles. The molecule has 3 aromatic rings. The van der Waals surface area contributed by atoms with Crippen LogP contribution in [-0.4, -0.2) is 16.1 Å². The van der Waals surface area contributed by atoms with Crippen LogP contribution in [0.2, 0.25) is 0 Å². The Balaban J connectivity index is 1.73. The zero-order valence-corrected chi connectivity index (χ0v) is 13.9. The molecule has 1 N–H and O–H groups in total. The van der Waals surface area contributed by atoms with E-state index in [1.54, 1.807) is 17.4 Å². The number of amides is 1. The van der Waals surface area contributed by atoms with E-state index >= 15 is 0 Å². The molecule has 2 heterocycles. The van der Waals surface area contributed by atoms with E-state index in [-0.39, 0.29) is 10.8 Å². The van der Waals surface area contributed by atoms with Crippen LogP contribution in [-0.2, 0) is 0 Å². The van der Waals surface area contributed by atoms with Crippen LogP contribution < -0.4 is 5.32 Å². The molecule has 0 unspecified atom stereocenters. The summed E-state index contributed by atoms with van der Waals surface area (Å²) in [6, 6.07) is 9.32. The van der Waals surface area contributed by atoms with E-state index in [0.717, 1.165) is 16.2 Å². The summed E-state index contributed by atoms with van der Waals surface area (Å²) in [6.45, 7) is 0. The molecule has 23 heavy (non-hydrogen) atoms. The summed E-state index contributed by atoms with van der Waals surface area (Å²) >= 11 is 8.83. The molecule has 8 heteroatoms. The Bertz CT molecular complexity index is 844. The number of carbonyl (C=O) groups excluding carboxylic acids is 1. The van der Waals surface area contributed by atoms with Gasteiger partial charge >= 0.3 is 0 Å². The van der Waals surface area contributed by atoms with E-state index in [4.69, 9.17) is 11.6 Å². The molecule has 0 atom stereocenters. The first-order chi connectivity index (χ1) is 11.1. The highest BCUT2D eigenvalue weighted by molar-refractivity contribution is 7.15. The van der Waals surface area contributed by atoms with Crippen LogP contribution in [0.15, 0.2) is 41.8 Å². The molecule has 0 saturated carbocycles. The number of aromatic nitrogens is 2. The number of carbonyl (C=O) groups is 1. The van der Waals surface area contributed by atoms with Crippen molar-refractivity contribution in [2.24, 2.45) is 0 Å². The number of halogens is 2. The van der Waals surface area contributed by atoms with Gasteiger partial charge in [0.2, 0.25) is 5.01 Å². The van der Waals surface area contributed by atoms with Crippen LogP contribution in [0.3, 0.4) is 0 Å². The summed E-state index contributed by atoms with van der Waals surface area (Å²) in [5.74, 6) is -0.785. The van der Waals surface area contributed by atoms with Gasteiger partial charge in [0.15, 0.2) is 5.01 Å². The molecule has 0 aliphatic rings. The van der Waals surface area contributed by atoms with Crippen molar-refractivity contribution in [3.63, 3.8) is 0 Å². The standard InChI is InChI=1S/C15H9ClFN3OS2/c16-12(8-11-2-1-7-22-11)14-19-20-15(23-14)13(21)18-10-5-3-9(17)4-6-10/h1-8H,(H,18,21)/b12-8-. The van der Waals surface area contributed by atoms with E-state index in [1.807, 2.05) is 17.5 Å². The smallest absolute Gasteiger partial charge is 0.286 e. The van der Waals surface area contributed by atoms with Crippen molar-refractivity contribution in [1.29, 1.82) is 0 Å². The maximum absolute atomic E-state index is 12.8. The lowest BCUT2D eigenvalue weighted by atomic mass is 10.3. The Morgan fingerprint density at radius 3 is 2.61 bits per heavy atom. The van der Waals surface area contributed by atoms with E-state index in [9.17, 15) is 9.18 Å². The summed E-state index contributed by atoms with van der Waals surface area (Å²) < 4.78 is 12.8. The normalized spacial score (nSPS) is 11.5. The molecular formula is C15H9ClFN3OS2. The average Bonchev–Trinajstić information content (AvgIpc) is 3.20. The SMILES string of the molecule is O=C(Nc1ccc(F)cc1)c1nnc(/C(Cl)=C/c2cccs2)s1. The molecule has 4 nitrogen and oxygen atoms in total. The van der Waals surface area contributed by atoms with Gasteiger partial charge < -0.3 is 5.32 Å². The second-order valence-corrected chi connectivity index (χ2v) is 6.75. The molecular weight excluding hydrogens is 357 g/mol. The van der Waals surface area contributed by atoms with Gasteiger partial charge in [0.05, 0.1) is 5.03 Å². The number of thiophene rings is 1. The maximum Gasteiger partial charge on any atom is 0.286 e. The van der Waals surface area contributed by atoms with Crippen LogP contribution >= 0.6 is 34.3 Å². The Labute approximate surface area is 144 Å². The van der Waals surface area contributed by atoms with E-state index in [2.05, 4.69) is 15.5 Å². The number of anilines is 1. The highest BCUT2D eigenvalue weighted by Crippen LogP contribution is 2.27. The van der Waals surface area contributed by atoms with Crippen molar-refractivity contribution in [1.82, 2.24) is 10.2 Å². The van der Waals surface area contributed by atoms with Crippen molar-refractivity contribution in [3.8, 4) is 0 Å². The fraction of sp³-hybridized carbons (Fsp3) is 0. The zero-order valence-electron chi connectivity index (χ0n) is 11.5. The summed E-state index contributed by atoms with van der Waals surface area (Å²) in [4.78, 5) is 13.1. The van der Waals surface area contributed by atoms with Crippen LogP contribution in [0.5, 0.6) is 0 Å². The number of rotatable bonds is 4. The van der Waals surface area contributed by atoms with Gasteiger partial charge in [-0.25, -0.2) is 4.39 Å².